The molecule has 5 nitrogen and oxygen atoms in total. The molecule has 0 bridgehead atoms. The van der Waals surface area contributed by atoms with Crippen LogP contribution in [0.15, 0.2) is 6.07 Å². The number of carboxylic acid groups (broad SMARTS) is 1. The SMILES string of the molecule is O=C(O)c1c([N+](=O)[O-])cc(F)c(F)c1F. The quantitative estimate of drug-likeness (QED) is 0.468. The average Bonchev–Trinajstić information content (AvgIpc) is 2.12. The van der Waals surface area contributed by atoms with Crippen molar-refractivity contribution in [3.63, 3.8) is 0 Å². The molecule has 0 aromatic heterocycles. The van der Waals surface area contributed by atoms with E-state index in [9.17, 15) is 28.1 Å². The first kappa shape index (κ1) is 11.0. The van der Waals surface area contributed by atoms with Gasteiger partial charge in [0.2, 0.25) is 0 Å². The second-order valence-electron chi connectivity index (χ2n) is 2.44. The number of rotatable bonds is 2. The molecule has 0 aliphatic heterocycles. The number of halogens is 3. The number of aromatic carboxylic acids is 1. The molecule has 1 rings (SSSR count). The molecule has 1 N–H and O–H groups in total. The maximum Gasteiger partial charge on any atom is 0.345 e. The predicted molar refractivity (Wildman–Crippen MR) is 39.9 cm³/mol. The number of hydrogen-bond donors (Lipinski definition) is 1. The molecule has 80 valence electrons. The standard InChI is InChI=1S/C7H2F3NO4/c8-2-1-3(11(14)15)4(7(12)13)6(10)5(2)9/h1H,(H,12,13). The van der Waals surface area contributed by atoms with Crippen molar-refractivity contribution in [1.29, 1.82) is 0 Å². The fourth-order valence-electron chi connectivity index (χ4n) is 0.930. The first-order valence-corrected chi connectivity index (χ1v) is 3.41. The lowest BCUT2D eigenvalue weighted by Gasteiger charge is -2.01. The van der Waals surface area contributed by atoms with Crippen molar-refractivity contribution >= 4 is 11.7 Å². The Balaban J connectivity index is 3.65. The number of nitro groups is 1. The maximum atomic E-state index is 12.8. The topological polar surface area (TPSA) is 80.4 Å². The number of nitrogens with zero attached hydrogens (tertiary/aromatic N) is 1. The zero-order valence-corrected chi connectivity index (χ0v) is 6.83. The molecular formula is C7H2F3NO4. The second-order valence-corrected chi connectivity index (χ2v) is 2.44. The van der Waals surface area contributed by atoms with E-state index in [4.69, 9.17) is 5.11 Å². The largest absolute Gasteiger partial charge is 0.477 e. The summed E-state index contributed by atoms with van der Waals surface area (Å²) in [6, 6.07) is 0.0157. The molecule has 0 spiro atoms. The summed E-state index contributed by atoms with van der Waals surface area (Å²) in [4.78, 5) is 19.3. The van der Waals surface area contributed by atoms with Crippen LogP contribution in [0, 0.1) is 27.6 Å². The van der Waals surface area contributed by atoms with Gasteiger partial charge < -0.3 is 5.11 Å². The van der Waals surface area contributed by atoms with Crippen molar-refractivity contribution in [2.75, 3.05) is 0 Å². The molecule has 0 atom stereocenters. The van der Waals surface area contributed by atoms with E-state index in [1.807, 2.05) is 0 Å². The highest BCUT2D eigenvalue weighted by atomic mass is 19.2. The minimum Gasteiger partial charge on any atom is -0.477 e. The fraction of sp³-hybridized carbons (Fsp3) is 0. The Morgan fingerprint density at radius 2 is 1.87 bits per heavy atom. The number of benzene rings is 1. The normalized spacial score (nSPS) is 10.1. The lowest BCUT2D eigenvalue weighted by atomic mass is 10.1. The molecule has 0 unspecified atom stereocenters. The van der Waals surface area contributed by atoms with Crippen molar-refractivity contribution in [3.05, 3.63) is 39.2 Å². The van der Waals surface area contributed by atoms with Gasteiger partial charge in [0.05, 0.1) is 11.0 Å². The zero-order valence-electron chi connectivity index (χ0n) is 6.83. The molecule has 15 heavy (non-hydrogen) atoms. The van der Waals surface area contributed by atoms with Gasteiger partial charge in [0.25, 0.3) is 5.69 Å². The summed E-state index contributed by atoms with van der Waals surface area (Å²) in [5.74, 6) is -8.01. The molecule has 0 saturated heterocycles. The molecule has 1 aromatic carbocycles. The van der Waals surface area contributed by atoms with Crippen LogP contribution in [0.4, 0.5) is 18.9 Å². The Morgan fingerprint density at radius 1 is 1.33 bits per heavy atom. The molecule has 0 aliphatic carbocycles. The van der Waals surface area contributed by atoms with Crippen LogP contribution in [0.2, 0.25) is 0 Å². The molecule has 0 aliphatic rings. The lowest BCUT2D eigenvalue weighted by molar-refractivity contribution is -0.385. The van der Waals surface area contributed by atoms with E-state index in [2.05, 4.69) is 0 Å². The third-order valence-electron chi connectivity index (χ3n) is 1.55. The molecule has 1 aromatic rings. The van der Waals surface area contributed by atoms with Gasteiger partial charge in [-0.15, -0.1) is 0 Å². The van der Waals surface area contributed by atoms with E-state index >= 15 is 0 Å². The zero-order chi connectivity index (χ0) is 11.7. The lowest BCUT2D eigenvalue weighted by Crippen LogP contribution is -2.09. The Labute approximate surface area is 79.9 Å². The van der Waals surface area contributed by atoms with Crippen molar-refractivity contribution in [3.8, 4) is 0 Å². The van der Waals surface area contributed by atoms with E-state index in [-0.39, 0.29) is 6.07 Å². The van der Waals surface area contributed by atoms with Crippen molar-refractivity contribution < 1.29 is 28.0 Å². The molecule has 0 heterocycles. The van der Waals surface area contributed by atoms with Crippen LogP contribution in [0.3, 0.4) is 0 Å². The minimum atomic E-state index is -2.09. The summed E-state index contributed by atoms with van der Waals surface area (Å²) in [7, 11) is 0. The van der Waals surface area contributed by atoms with Gasteiger partial charge in [-0.05, 0) is 0 Å². The van der Waals surface area contributed by atoms with E-state index in [1.165, 1.54) is 0 Å². The Morgan fingerprint density at radius 3 is 2.27 bits per heavy atom. The van der Waals surface area contributed by atoms with E-state index in [1.54, 1.807) is 0 Å². The van der Waals surface area contributed by atoms with Crippen LogP contribution in [0.1, 0.15) is 10.4 Å². The molecule has 0 saturated carbocycles. The number of nitro benzene ring substituents is 1. The van der Waals surface area contributed by atoms with Crippen LogP contribution in [0.5, 0.6) is 0 Å². The Hall–Kier alpha value is -2.12. The summed E-state index contributed by atoms with van der Waals surface area (Å²) in [5, 5.41) is 18.6. The minimum absolute atomic E-state index is 0.0157. The highest BCUT2D eigenvalue weighted by molar-refractivity contribution is 5.92. The number of carbonyl (C=O) groups is 1. The molecular weight excluding hydrogens is 219 g/mol. The smallest absolute Gasteiger partial charge is 0.345 e. The molecule has 0 amide bonds. The van der Waals surface area contributed by atoms with Gasteiger partial charge in [-0.2, -0.15) is 0 Å². The summed E-state index contributed by atoms with van der Waals surface area (Å²) in [6.07, 6.45) is 0. The summed E-state index contributed by atoms with van der Waals surface area (Å²) in [5.41, 5.74) is -2.84. The molecule has 0 fully saturated rings. The monoisotopic (exact) mass is 221 g/mol. The fourth-order valence-corrected chi connectivity index (χ4v) is 0.930. The number of carboxylic acids is 1. The van der Waals surface area contributed by atoms with Crippen LogP contribution < -0.4 is 0 Å². The van der Waals surface area contributed by atoms with E-state index < -0.39 is 39.6 Å². The van der Waals surface area contributed by atoms with Gasteiger partial charge in [0.1, 0.15) is 0 Å². The molecule has 0 radical (unpaired) electrons. The number of hydrogen-bond acceptors (Lipinski definition) is 3. The third-order valence-corrected chi connectivity index (χ3v) is 1.55. The van der Waals surface area contributed by atoms with Crippen LogP contribution >= 0.6 is 0 Å². The van der Waals surface area contributed by atoms with E-state index in [0.717, 1.165) is 0 Å². The van der Waals surface area contributed by atoms with E-state index in [0.29, 0.717) is 0 Å². The van der Waals surface area contributed by atoms with Gasteiger partial charge in [-0.3, -0.25) is 10.1 Å². The van der Waals surface area contributed by atoms with Gasteiger partial charge in [-0.1, -0.05) is 0 Å². The highest BCUT2D eigenvalue weighted by Crippen LogP contribution is 2.25. The average molecular weight is 221 g/mol. The van der Waals surface area contributed by atoms with Gasteiger partial charge in [-0.25, -0.2) is 18.0 Å². The highest BCUT2D eigenvalue weighted by Gasteiger charge is 2.30. The summed E-state index contributed by atoms with van der Waals surface area (Å²) >= 11 is 0. The van der Waals surface area contributed by atoms with Gasteiger partial charge >= 0.3 is 5.97 Å². The van der Waals surface area contributed by atoms with Crippen LogP contribution in [0.25, 0.3) is 0 Å². The van der Waals surface area contributed by atoms with Gasteiger partial charge in [0, 0.05) is 0 Å². The maximum absolute atomic E-state index is 12.8. The van der Waals surface area contributed by atoms with Crippen molar-refractivity contribution in [1.82, 2.24) is 0 Å². The Kier molecular flexibility index (Phi) is 2.60. The summed E-state index contributed by atoms with van der Waals surface area (Å²) < 4.78 is 37.9. The molecule has 8 heteroatoms. The van der Waals surface area contributed by atoms with Crippen LogP contribution in [-0.2, 0) is 0 Å². The third kappa shape index (κ3) is 1.73. The Bertz CT molecular complexity index is 460. The predicted octanol–water partition coefficient (Wildman–Crippen LogP) is 1.71. The van der Waals surface area contributed by atoms with Crippen LogP contribution in [-0.4, -0.2) is 16.0 Å². The van der Waals surface area contributed by atoms with Crippen molar-refractivity contribution in [2.45, 2.75) is 0 Å². The first-order valence-electron chi connectivity index (χ1n) is 3.41. The first-order chi connectivity index (χ1) is 6.86. The van der Waals surface area contributed by atoms with Gasteiger partial charge in [0.15, 0.2) is 23.0 Å². The second kappa shape index (κ2) is 3.56. The van der Waals surface area contributed by atoms with Crippen molar-refractivity contribution in [2.24, 2.45) is 0 Å². The summed E-state index contributed by atoms with van der Waals surface area (Å²) in [6.45, 7) is 0.